The third-order valence-electron chi connectivity index (χ3n) is 0.879. The molecule has 0 aliphatic carbocycles. The molecule has 5 heteroatoms. The van der Waals surface area contributed by atoms with E-state index in [1.807, 2.05) is 0 Å². The summed E-state index contributed by atoms with van der Waals surface area (Å²) in [7, 11) is 0. The van der Waals surface area contributed by atoms with Gasteiger partial charge in [-0.2, -0.15) is 0 Å². The third-order valence-corrected chi connectivity index (χ3v) is 0.879. The number of hydrogen-bond acceptors (Lipinski definition) is 4. The average molecular weight is 138 g/mol. The molecule has 0 spiro atoms. The van der Waals surface area contributed by atoms with E-state index >= 15 is 0 Å². The summed E-state index contributed by atoms with van der Waals surface area (Å²) in [6.45, 7) is 0. The van der Waals surface area contributed by atoms with Gasteiger partial charge in [0.05, 0.1) is 12.4 Å². The molecule has 3 N–H and O–H groups in total. The third kappa shape index (κ3) is 1.41. The molecular formula is C5H6N4O. The number of nitrogens with two attached hydrogens (primary N) is 1. The molecule has 0 bridgehead atoms. The molecule has 52 valence electrons. The first-order valence-corrected chi connectivity index (χ1v) is 2.60. The molecule has 0 radical (unpaired) electrons. The van der Waals surface area contributed by atoms with Crippen LogP contribution in [-0.4, -0.2) is 16.4 Å². The highest BCUT2D eigenvalue weighted by molar-refractivity contribution is 5.68. The van der Waals surface area contributed by atoms with Crippen LogP contribution in [0.4, 0.5) is 11.6 Å². The smallest absolute Gasteiger partial charge is 0.212 e. The van der Waals surface area contributed by atoms with Gasteiger partial charge in [-0.1, -0.05) is 0 Å². The highest BCUT2D eigenvalue weighted by Gasteiger charge is 1.89. The van der Waals surface area contributed by atoms with Crippen molar-refractivity contribution < 1.29 is 4.79 Å². The summed E-state index contributed by atoms with van der Waals surface area (Å²) < 4.78 is 0. The minimum Gasteiger partial charge on any atom is -0.382 e. The van der Waals surface area contributed by atoms with Crippen molar-refractivity contribution >= 4 is 18.0 Å². The van der Waals surface area contributed by atoms with Crippen LogP contribution in [0.2, 0.25) is 0 Å². The first kappa shape index (κ1) is 6.47. The van der Waals surface area contributed by atoms with Crippen molar-refractivity contribution in [2.75, 3.05) is 11.1 Å². The number of nitrogen functional groups attached to an aromatic ring is 1. The Morgan fingerprint density at radius 1 is 1.50 bits per heavy atom. The van der Waals surface area contributed by atoms with Gasteiger partial charge in [-0.05, 0) is 0 Å². The summed E-state index contributed by atoms with van der Waals surface area (Å²) in [5.41, 5.74) is 5.23. The monoisotopic (exact) mass is 138 g/mol. The lowest BCUT2D eigenvalue weighted by molar-refractivity contribution is -0.105. The largest absolute Gasteiger partial charge is 0.382 e. The molecule has 1 rings (SSSR count). The first-order valence-electron chi connectivity index (χ1n) is 2.60. The topological polar surface area (TPSA) is 80.9 Å². The summed E-state index contributed by atoms with van der Waals surface area (Å²) in [5.74, 6) is 0.723. The van der Waals surface area contributed by atoms with Crippen LogP contribution in [-0.2, 0) is 4.79 Å². The number of anilines is 2. The lowest BCUT2D eigenvalue weighted by atomic mass is 10.6. The zero-order valence-corrected chi connectivity index (χ0v) is 5.11. The second-order valence-electron chi connectivity index (χ2n) is 1.59. The fourth-order valence-electron chi connectivity index (χ4n) is 0.473. The molecular weight excluding hydrogens is 132 g/mol. The number of aromatic nitrogens is 2. The van der Waals surface area contributed by atoms with Crippen molar-refractivity contribution in [3.63, 3.8) is 0 Å². The quantitative estimate of drug-likeness (QED) is 0.546. The number of hydrogen-bond donors (Lipinski definition) is 2. The Labute approximate surface area is 57.3 Å². The fourth-order valence-corrected chi connectivity index (χ4v) is 0.473. The van der Waals surface area contributed by atoms with Crippen molar-refractivity contribution in [2.24, 2.45) is 0 Å². The van der Waals surface area contributed by atoms with E-state index in [4.69, 9.17) is 5.73 Å². The van der Waals surface area contributed by atoms with Crippen LogP contribution < -0.4 is 11.1 Å². The van der Waals surface area contributed by atoms with Gasteiger partial charge in [0, 0.05) is 0 Å². The van der Waals surface area contributed by atoms with Crippen molar-refractivity contribution in [3.05, 3.63) is 12.4 Å². The minimum atomic E-state index is 0.330. The molecule has 1 aromatic heterocycles. The van der Waals surface area contributed by atoms with E-state index in [-0.39, 0.29) is 0 Å². The number of rotatable bonds is 2. The standard InChI is InChI=1S/C5H6N4O/c6-4-1-8-5(2-7-4)9-3-10/h1-3H,(H2,6,7)(H,8,9,10). The number of amides is 1. The fraction of sp³-hybridized carbons (Fsp3) is 0. The Bertz CT molecular complexity index is 220. The molecule has 0 unspecified atom stereocenters. The summed E-state index contributed by atoms with van der Waals surface area (Å²) in [5, 5.41) is 2.33. The maximum atomic E-state index is 9.85. The summed E-state index contributed by atoms with van der Waals surface area (Å²) >= 11 is 0. The molecule has 1 amide bonds. The van der Waals surface area contributed by atoms with Gasteiger partial charge in [-0.3, -0.25) is 4.79 Å². The van der Waals surface area contributed by atoms with Gasteiger partial charge in [0.2, 0.25) is 6.41 Å². The van der Waals surface area contributed by atoms with Crippen molar-refractivity contribution in [3.8, 4) is 0 Å². The van der Waals surface area contributed by atoms with Gasteiger partial charge >= 0.3 is 0 Å². The van der Waals surface area contributed by atoms with E-state index in [0.29, 0.717) is 18.0 Å². The molecule has 0 fully saturated rings. The highest BCUT2D eigenvalue weighted by Crippen LogP contribution is 1.98. The number of nitrogens with one attached hydrogen (secondary N) is 1. The van der Waals surface area contributed by atoms with Gasteiger partial charge in [0.25, 0.3) is 0 Å². The highest BCUT2D eigenvalue weighted by atomic mass is 16.1. The zero-order chi connectivity index (χ0) is 7.40. The Kier molecular flexibility index (Phi) is 1.79. The van der Waals surface area contributed by atoms with E-state index in [9.17, 15) is 4.79 Å². The van der Waals surface area contributed by atoms with E-state index in [2.05, 4.69) is 15.3 Å². The molecule has 5 nitrogen and oxygen atoms in total. The maximum absolute atomic E-state index is 9.85. The van der Waals surface area contributed by atoms with Crippen molar-refractivity contribution in [1.82, 2.24) is 9.97 Å². The molecule has 0 atom stereocenters. The first-order chi connectivity index (χ1) is 4.83. The van der Waals surface area contributed by atoms with Gasteiger partial charge in [-0.25, -0.2) is 9.97 Å². The summed E-state index contributed by atoms with van der Waals surface area (Å²) in [6, 6.07) is 0. The predicted molar refractivity (Wildman–Crippen MR) is 36.1 cm³/mol. The second-order valence-corrected chi connectivity index (χ2v) is 1.59. The summed E-state index contributed by atoms with van der Waals surface area (Å²) in [6.07, 6.45) is 3.27. The SMILES string of the molecule is Nc1cnc(NC=O)cn1. The molecule has 1 aromatic rings. The van der Waals surface area contributed by atoms with E-state index in [1.54, 1.807) is 0 Å². The van der Waals surface area contributed by atoms with E-state index in [1.165, 1.54) is 12.4 Å². The molecule has 0 aliphatic heterocycles. The van der Waals surface area contributed by atoms with Crippen LogP contribution in [0, 0.1) is 0 Å². The van der Waals surface area contributed by atoms with Crippen LogP contribution in [0.1, 0.15) is 0 Å². The molecule has 0 saturated heterocycles. The Hall–Kier alpha value is -1.65. The van der Waals surface area contributed by atoms with Crippen LogP contribution in [0.5, 0.6) is 0 Å². The molecule has 0 aromatic carbocycles. The van der Waals surface area contributed by atoms with Gasteiger partial charge in [-0.15, -0.1) is 0 Å². The molecule has 0 saturated carbocycles. The van der Waals surface area contributed by atoms with Crippen molar-refractivity contribution in [2.45, 2.75) is 0 Å². The van der Waals surface area contributed by atoms with Crippen LogP contribution in [0.25, 0.3) is 0 Å². The van der Waals surface area contributed by atoms with Crippen LogP contribution in [0.3, 0.4) is 0 Å². The number of carbonyl (C=O) groups excluding carboxylic acids is 1. The summed E-state index contributed by atoms with van der Waals surface area (Å²) in [4.78, 5) is 17.3. The minimum absolute atomic E-state index is 0.330. The Balaban J connectivity index is 2.78. The Morgan fingerprint density at radius 2 is 2.30 bits per heavy atom. The molecule has 10 heavy (non-hydrogen) atoms. The van der Waals surface area contributed by atoms with Gasteiger partial charge in [0.15, 0.2) is 5.82 Å². The van der Waals surface area contributed by atoms with Crippen molar-refractivity contribution in [1.29, 1.82) is 0 Å². The number of nitrogens with zero attached hydrogens (tertiary/aromatic N) is 2. The lowest BCUT2D eigenvalue weighted by Gasteiger charge is -1.94. The zero-order valence-electron chi connectivity index (χ0n) is 5.11. The molecule has 0 aliphatic rings. The van der Waals surface area contributed by atoms with E-state index in [0.717, 1.165) is 0 Å². The number of carbonyl (C=O) groups is 1. The second kappa shape index (κ2) is 2.77. The van der Waals surface area contributed by atoms with Gasteiger partial charge < -0.3 is 11.1 Å². The average Bonchev–Trinajstić information content (AvgIpc) is 1.95. The van der Waals surface area contributed by atoms with Gasteiger partial charge in [0.1, 0.15) is 5.82 Å². The normalized spacial score (nSPS) is 8.80. The van der Waals surface area contributed by atoms with E-state index < -0.39 is 0 Å². The lowest BCUT2D eigenvalue weighted by Crippen LogP contribution is -1.98. The molecule has 1 heterocycles. The Morgan fingerprint density at radius 3 is 2.80 bits per heavy atom. The van der Waals surface area contributed by atoms with Crippen LogP contribution in [0.15, 0.2) is 12.4 Å². The predicted octanol–water partition coefficient (Wildman–Crippen LogP) is -0.373. The maximum Gasteiger partial charge on any atom is 0.212 e. The van der Waals surface area contributed by atoms with Crippen LogP contribution >= 0.6 is 0 Å².